The number of esters is 1. The van der Waals surface area contributed by atoms with E-state index in [0.29, 0.717) is 38.9 Å². The first-order chi connectivity index (χ1) is 12.3. The molecular weight excluding hydrogens is 373 g/mol. The first kappa shape index (κ1) is 19.0. The smallest absolute Gasteiger partial charge is 0.336 e. The third kappa shape index (κ3) is 3.40. The third-order valence-electron chi connectivity index (χ3n) is 4.80. The first-order valence-corrected chi connectivity index (χ1v) is 9.45. The Bertz CT molecular complexity index is 841. The van der Waals surface area contributed by atoms with Crippen molar-refractivity contribution >= 4 is 35.0 Å². The van der Waals surface area contributed by atoms with Gasteiger partial charge < -0.3 is 10.1 Å². The minimum Gasteiger partial charge on any atom is -0.463 e. The van der Waals surface area contributed by atoms with E-state index in [9.17, 15) is 9.59 Å². The van der Waals surface area contributed by atoms with Crippen LogP contribution in [0, 0.1) is 5.92 Å². The van der Waals surface area contributed by atoms with Gasteiger partial charge in [-0.3, -0.25) is 4.79 Å². The van der Waals surface area contributed by atoms with E-state index in [-0.39, 0.29) is 18.3 Å². The summed E-state index contributed by atoms with van der Waals surface area (Å²) in [4.78, 5) is 25.6. The number of nitrogens with one attached hydrogen (secondary N) is 1. The van der Waals surface area contributed by atoms with Crippen molar-refractivity contribution < 1.29 is 14.3 Å². The summed E-state index contributed by atoms with van der Waals surface area (Å²) in [5.41, 5.74) is 3.21. The van der Waals surface area contributed by atoms with Gasteiger partial charge >= 0.3 is 5.97 Å². The quantitative estimate of drug-likeness (QED) is 0.751. The number of allylic oxidation sites excluding steroid dienone is 3. The number of Topliss-reactive ketones (excluding diaryl/α,β-unsaturated/α-hetero) is 1. The number of hydrogen-bond acceptors (Lipinski definition) is 4. The zero-order valence-electron chi connectivity index (χ0n) is 15.0. The molecule has 1 aliphatic heterocycles. The topological polar surface area (TPSA) is 55.4 Å². The number of rotatable bonds is 3. The molecule has 1 heterocycles. The fourth-order valence-electron chi connectivity index (χ4n) is 3.76. The molecule has 0 amide bonds. The average molecular weight is 394 g/mol. The van der Waals surface area contributed by atoms with Crippen LogP contribution in [0.25, 0.3) is 0 Å². The molecule has 26 heavy (non-hydrogen) atoms. The van der Waals surface area contributed by atoms with E-state index in [4.69, 9.17) is 27.9 Å². The zero-order valence-corrected chi connectivity index (χ0v) is 16.5. The van der Waals surface area contributed by atoms with Gasteiger partial charge in [0.05, 0.1) is 12.2 Å². The number of dihydropyridines is 1. The second-order valence-corrected chi connectivity index (χ2v) is 7.66. The van der Waals surface area contributed by atoms with Crippen molar-refractivity contribution in [1.82, 2.24) is 5.32 Å². The number of ether oxygens (including phenoxy) is 1. The maximum absolute atomic E-state index is 12.9. The molecule has 6 heteroatoms. The maximum Gasteiger partial charge on any atom is 0.336 e. The van der Waals surface area contributed by atoms with Crippen molar-refractivity contribution in [2.45, 2.75) is 39.5 Å². The molecule has 0 radical (unpaired) electrons. The van der Waals surface area contributed by atoms with Crippen LogP contribution in [0.4, 0.5) is 0 Å². The van der Waals surface area contributed by atoms with Gasteiger partial charge in [0, 0.05) is 39.4 Å². The van der Waals surface area contributed by atoms with Gasteiger partial charge in [0.2, 0.25) is 0 Å². The molecule has 4 nitrogen and oxygen atoms in total. The molecule has 2 aliphatic rings. The third-order valence-corrected chi connectivity index (χ3v) is 5.38. The van der Waals surface area contributed by atoms with Crippen LogP contribution in [0.5, 0.6) is 0 Å². The summed E-state index contributed by atoms with van der Waals surface area (Å²) in [5, 5.41) is 4.23. The Hall–Kier alpha value is -1.78. The van der Waals surface area contributed by atoms with Crippen LogP contribution in [0.15, 0.2) is 40.7 Å². The van der Waals surface area contributed by atoms with E-state index in [1.807, 2.05) is 13.8 Å². The van der Waals surface area contributed by atoms with Crippen molar-refractivity contribution in [1.29, 1.82) is 0 Å². The van der Waals surface area contributed by atoms with Crippen molar-refractivity contribution in [2.75, 3.05) is 6.61 Å². The molecule has 0 fully saturated rings. The second kappa shape index (κ2) is 7.45. The van der Waals surface area contributed by atoms with Crippen LogP contribution < -0.4 is 5.32 Å². The van der Waals surface area contributed by atoms with Gasteiger partial charge in [0.15, 0.2) is 5.78 Å². The predicted molar refractivity (Wildman–Crippen MR) is 102 cm³/mol. The summed E-state index contributed by atoms with van der Waals surface area (Å²) in [5.74, 6) is -0.740. The summed E-state index contributed by atoms with van der Waals surface area (Å²) in [7, 11) is 0. The van der Waals surface area contributed by atoms with E-state index in [2.05, 4.69) is 5.32 Å². The molecule has 138 valence electrons. The highest BCUT2D eigenvalue weighted by Gasteiger charge is 2.41. The molecule has 2 atom stereocenters. The molecule has 0 saturated heterocycles. The standard InChI is InChI=1S/C20H21Cl2NO3/c1-4-26-20(25)17-11(3)23-15-7-10(2)8-16(24)19(15)18(17)13-9-12(21)5-6-14(13)22/h5-6,9-10,18,23H,4,7-8H2,1-3H3. The molecule has 1 aromatic rings. The molecule has 0 saturated carbocycles. The second-order valence-electron chi connectivity index (χ2n) is 6.81. The van der Waals surface area contributed by atoms with Gasteiger partial charge in [-0.1, -0.05) is 30.1 Å². The van der Waals surface area contributed by atoms with Crippen molar-refractivity contribution in [3.8, 4) is 0 Å². The lowest BCUT2D eigenvalue weighted by Crippen LogP contribution is -2.36. The molecule has 1 aliphatic carbocycles. The molecule has 2 unspecified atom stereocenters. The van der Waals surface area contributed by atoms with Gasteiger partial charge in [0.1, 0.15) is 0 Å². The van der Waals surface area contributed by atoms with Crippen LogP contribution in [-0.2, 0) is 14.3 Å². The first-order valence-electron chi connectivity index (χ1n) is 8.69. The van der Waals surface area contributed by atoms with Crippen LogP contribution in [0.2, 0.25) is 10.0 Å². The Morgan fingerprint density at radius 2 is 2.04 bits per heavy atom. The SMILES string of the molecule is CCOC(=O)C1=C(C)NC2=C(C(=O)CC(C)C2)C1c1cc(Cl)ccc1Cl. The molecule has 0 bridgehead atoms. The summed E-state index contributed by atoms with van der Waals surface area (Å²) in [6.45, 7) is 5.88. The number of hydrogen-bond donors (Lipinski definition) is 1. The van der Waals surface area contributed by atoms with Crippen LogP contribution in [0.3, 0.4) is 0 Å². The van der Waals surface area contributed by atoms with E-state index in [1.165, 1.54) is 0 Å². The van der Waals surface area contributed by atoms with Gasteiger partial charge in [0.25, 0.3) is 0 Å². The minimum absolute atomic E-state index is 0.0293. The van der Waals surface area contributed by atoms with Crippen LogP contribution >= 0.6 is 23.2 Å². The Morgan fingerprint density at radius 1 is 1.31 bits per heavy atom. The molecule has 3 rings (SSSR count). The number of benzene rings is 1. The van der Waals surface area contributed by atoms with Crippen LogP contribution in [-0.4, -0.2) is 18.4 Å². The summed E-state index contributed by atoms with van der Waals surface area (Å²) < 4.78 is 5.26. The highest BCUT2D eigenvalue weighted by atomic mass is 35.5. The Kier molecular flexibility index (Phi) is 5.44. The molecule has 0 spiro atoms. The highest BCUT2D eigenvalue weighted by molar-refractivity contribution is 6.33. The largest absolute Gasteiger partial charge is 0.463 e. The van der Waals surface area contributed by atoms with Crippen molar-refractivity contribution in [3.05, 3.63) is 56.3 Å². The zero-order chi connectivity index (χ0) is 19.0. The number of ketones is 1. The maximum atomic E-state index is 12.9. The van der Waals surface area contributed by atoms with Crippen LogP contribution in [0.1, 0.15) is 45.1 Å². The van der Waals surface area contributed by atoms with Gasteiger partial charge in [-0.2, -0.15) is 0 Å². The van der Waals surface area contributed by atoms with E-state index >= 15 is 0 Å². The molecular formula is C20H21Cl2NO3. The molecule has 0 aromatic heterocycles. The number of halogens is 2. The van der Waals surface area contributed by atoms with Crippen molar-refractivity contribution in [2.24, 2.45) is 5.92 Å². The Labute approximate surface area is 163 Å². The number of carbonyl (C=O) groups is 2. The fourth-order valence-corrected chi connectivity index (χ4v) is 4.17. The molecule has 1 N–H and O–H groups in total. The van der Waals surface area contributed by atoms with E-state index < -0.39 is 11.9 Å². The van der Waals surface area contributed by atoms with Gasteiger partial charge in [-0.05, 0) is 49.9 Å². The minimum atomic E-state index is -0.573. The summed E-state index contributed by atoms with van der Waals surface area (Å²) in [6, 6.07) is 5.10. The molecule has 1 aromatic carbocycles. The predicted octanol–water partition coefficient (Wildman–Crippen LogP) is 4.77. The average Bonchev–Trinajstić information content (AvgIpc) is 2.55. The summed E-state index contributed by atoms with van der Waals surface area (Å²) >= 11 is 12.6. The lowest BCUT2D eigenvalue weighted by molar-refractivity contribution is -0.138. The highest BCUT2D eigenvalue weighted by Crippen LogP contribution is 2.45. The fraction of sp³-hybridized carbons (Fsp3) is 0.400. The normalized spacial score (nSPS) is 22.9. The van der Waals surface area contributed by atoms with Crippen molar-refractivity contribution in [3.63, 3.8) is 0 Å². The number of carbonyl (C=O) groups excluding carboxylic acids is 2. The van der Waals surface area contributed by atoms with Gasteiger partial charge in [-0.25, -0.2) is 4.79 Å². The lowest BCUT2D eigenvalue weighted by atomic mass is 9.73. The summed E-state index contributed by atoms with van der Waals surface area (Å²) in [6.07, 6.45) is 1.20. The van der Waals surface area contributed by atoms with Gasteiger partial charge in [-0.15, -0.1) is 0 Å². The van der Waals surface area contributed by atoms with E-state index in [1.54, 1.807) is 25.1 Å². The lowest BCUT2D eigenvalue weighted by Gasteiger charge is -2.36. The van der Waals surface area contributed by atoms with E-state index in [0.717, 1.165) is 12.1 Å². The monoisotopic (exact) mass is 393 g/mol. The Balaban J connectivity index is 2.22. The Morgan fingerprint density at radius 3 is 2.73 bits per heavy atom.